The van der Waals surface area contributed by atoms with Crippen molar-refractivity contribution >= 4 is 28.4 Å². The molecule has 1 amide bonds. The van der Waals surface area contributed by atoms with E-state index in [9.17, 15) is 4.79 Å². The van der Waals surface area contributed by atoms with E-state index in [2.05, 4.69) is 0 Å². The van der Waals surface area contributed by atoms with Crippen molar-refractivity contribution in [2.45, 2.75) is 13.8 Å². The Balaban J connectivity index is 2.22. The maximum atomic E-state index is 12.9. The van der Waals surface area contributed by atoms with E-state index in [0.29, 0.717) is 23.7 Å². The van der Waals surface area contributed by atoms with Gasteiger partial charge in [-0.1, -0.05) is 41.9 Å². The molecule has 0 N–H and O–H groups in total. The van der Waals surface area contributed by atoms with Crippen LogP contribution in [0.15, 0.2) is 54.6 Å². The Kier molecular flexibility index (Phi) is 4.81. The molecule has 1 aromatic heterocycles. The molecule has 3 nitrogen and oxygen atoms in total. The van der Waals surface area contributed by atoms with Crippen molar-refractivity contribution in [1.29, 1.82) is 0 Å². The minimum absolute atomic E-state index is 0.0295. The number of benzene rings is 2. The smallest absolute Gasteiger partial charge is 0.254 e. The first-order valence-electron chi connectivity index (χ1n) is 8.09. The van der Waals surface area contributed by atoms with Gasteiger partial charge in [0, 0.05) is 29.1 Å². The largest absolute Gasteiger partial charge is 0.339 e. The van der Waals surface area contributed by atoms with E-state index in [4.69, 9.17) is 16.6 Å². The molecule has 0 aliphatic carbocycles. The summed E-state index contributed by atoms with van der Waals surface area (Å²) in [4.78, 5) is 19.5. The number of hydrogen-bond donors (Lipinski definition) is 0. The highest BCUT2D eigenvalue weighted by Crippen LogP contribution is 2.27. The van der Waals surface area contributed by atoms with E-state index in [-0.39, 0.29) is 5.91 Å². The second-order valence-corrected chi connectivity index (χ2v) is 6.00. The third-order valence-electron chi connectivity index (χ3n) is 4.12. The summed E-state index contributed by atoms with van der Waals surface area (Å²) in [6.07, 6.45) is 0. The molecule has 0 radical (unpaired) electrons. The van der Waals surface area contributed by atoms with Gasteiger partial charge in [0.1, 0.15) is 0 Å². The standard InChI is InChI=1S/C20H19ClN2O/c1-3-23(4-2)20(24)17-13-19(14-8-7-9-15(21)12-14)22-18-11-6-5-10-16(17)18/h5-13H,3-4H2,1-2H3. The highest BCUT2D eigenvalue weighted by atomic mass is 35.5. The summed E-state index contributed by atoms with van der Waals surface area (Å²) in [6.45, 7) is 5.34. The maximum Gasteiger partial charge on any atom is 0.254 e. The Hall–Kier alpha value is -2.39. The number of halogens is 1. The number of carbonyl (C=O) groups excluding carboxylic acids is 1. The molecule has 1 heterocycles. The quantitative estimate of drug-likeness (QED) is 0.668. The third-order valence-corrected chi connectivity index (χ3v) is 4.35. The van der Waals surface area contributed by atoms with Crippen LogP contribution in [0.1, 0.15) is 24.2 Å². The van der Waals surface area contributed by atoms with Crippen LogP contribution in [0, 0.1) is 0 Å². The zero-order valence-corrected chi connectivity index (χ0v) is 14.5. The van der Waals surface area contributed by atoms with Crippen molar-refractivity contribution in [1.82, 2.24) is 9.88 Å². The number of amides is 1. The number of rotatable bonds is 4. The van der Waals surface area contributed by atoms with Crippen LogP contribution in [0.25, 0.3) is 22.2 Å². The maximum absolute atomic E-state index is 12.9. The second-order valence-electron chi connectivity index (χ2n) is 5.56. The summed E-state index contributed by atoms with van der Waals surface area (Å²) in [5.41, 5.74) is 3.15. The van der Waals surface area contributed by atoms with Crippen molar-refractivity contribution in [2.24, 2.45) is 0 Å². The van der Waals surface area contributed by atoms with Crippen LogP contribution in [-0.2, 0) is 0 Å². The molecule has 0 aliphatic rings. The van der Waals surface area contributed by atoms with Gasteiger partial charge in [-0.25, -0.2) is 4.98 Å². The number of aromatic nitrogens is 1. The van der Waals surface area contributed by atoms with Crippen molar-refractivity contribution < 1.29 is 4.79 Å². The molecule has 0 bridgehead atoms. The zero-order valence-electron chi connectivity index (χ0n) is 13.8. The molecule has 0 saturated heterocycles. The van der Waals surface area contributed by atoms with Crippen molar-refractivity contribution in [3.63, 3.8) is 0 Å². The fraction of sp³-hybridized carbons (Fsp3) is 0.200. The first-order valence-corrected chi connectivity index (χ1v) is 8.46. The van der Waals surface area contributed by atoms with Crippen LogP contribution in [0.2, 0.25) is 5.02 Å². The molecule has 3 rings (SSSR count). The van der Waals surface area contributed by atoms with E-state index in [1.165, 1.54) is 0 Å². The van der Waals surface area contributed by atoms with E-state index in [0.717, 1.165) is 22.2 Å². The van der Waals surface area contributed by atoms with E-state index in [1.54, 1.807) is 0 Å². The molecule has 3 aromatic rings. The van der Waals surface area contributed by atoms with Gasteiger partial charge in [-0.3, -0.25) is 4.79 Å². The molecule has 122 valence electrons. The number of nitrogens with zero attached hydrogens (tertiary/aromatic N) is 2. The van der Waals surface area contributed by atoms with Crippen LogP contribution in [0.4, 0.5) is 0 Å². The lowest BCUT2D eigenvalue weighted by Crippen LogP contribution is -2.30. The van der Waals surface area contributed by atoms with Crippen LogP contribution in [0.5, 0.6) is 0 Å². The van der Waals surface area contributed by atoms with Gasteiger partial charge in [-0.05, 0) is 38.1 Å². The number of carbonyl (C=O) groups is 1. The summed E-state index contributed by atoms with van der Waals surface area (Å²) < 4.78 is 0. The number of hydrogen-bond acceptors (Lipinski definition) is 2. The molecule has 24 heavy (non-hydrogen) atoms. The summed E-state index contributed by atoms with van der Waals surface area (Å²) >= 11 is 6.11. The van der Waals surface area contributed by atoms with Gasteiger partial charge in [-0.2, -0.15) is 0 Å². The van der Waals surface area contributed by atoms with Gasteiger partial charge in [0.25, 0.3) is 5.91 Å². The molecule has 0 saturated carbocycles. The van der Waals surface area contributed by atoms with Crippen molar-refractivity contribution in [2.75, 3.05) is 13.1 Å². The Labute approximate surface area is 146 Å². The van der Waals surface area contributed by atoms with Gasteiger partial charge < -0.3 is 4.90 Å². The highest BCUT2D eigenvalue weighted by molar-refractivity contribution is 6.30. The van der Waals surface area contributed by atoms with Crippen molar-refractivity contribution in [3.8, 4) is 11.3 Å². The fourth-order valence-corrected chi connectivity index (χ4v) is 3.02. The van der Waals surface area contributed by atoms with Crippen LogP contribution in [0.3, 0.4) is 0 Å². The molecule has 0 atom stereocenters. The summed E-state index contributed by atoms with van der Waals surface area (Å²) in [5, 5.41) is 1.53. The molecule has 0 spiro atoms. The number of para-hydroxylation sites is 1. The lowest BCUT2D eigenvalue weighted by molar-refractivity contribution is 0.0775. The summed E-state index contributed by atoms with van der Waals surface area (Å²) in [5.74, 6) is 0.0295. The Bertz CT molecular complexity index is 888. The van der Waals surface area contributed by atoms with Crippen molar-refractivity contribution in [3.05, 3.63) is 65.2 Å². The molecule has 2 aromatic carbocycles. The van der Waals surface area contributed by atoms with Gasteiger partial charge in [0.15, 0.2) is 0 Å². The Morgan fingerprint density at radius 2 is 1.79 bits per heavy atom. The van der Waals surface area contributed by atoms with Gasteiger partial charge in [0.05, 0.1) is 16.8 Å². The van der Waals surface area contributed by atoms with E-state index >= 15 is 0 Å². The first-order chi connectivity index (χ1) is 11.6. The Morgan fingerprint density at radius 3 is 2.50 bits per heavy atom. The monoisotopic (exact) mass is 338 g/mol. The summed E-state index contributed by atoms with van der Waals surface area (Å²) in [7, 11) is 0. The molecular formula is C20H19ClN2O. The molecular weight excluding hydrogens is 320 g/mol. The van der Waals surface area contributed by atoms with Gasteiger partial charge in [0.2, 0.25) is 0 Å². The first kappa shape index (κ1) is 16.5. The van der Waals surface area contributed by atoms with Gasteiger partial charge in [-0.15, -0.1) is 0 Å². The second kappa shape index (κ2) is 7.02. The minimum atomic E-state index is 0.0295. The predicted molar refractivity (Wildman–Crippen MR) is 99.4 cm³/mol. The lowest BCUT2D eigenvalue weighted by atomic mass is 10.0. The lowest BCUT2D eigenvalue weighted by Gasteiger charge is -2.20. The highest BCUT2D eigenvalue weighted by Gasteiger charge is 2.17. The van der Waals surface area contributed by atoms with Gasteiger partial charge >= 0.3 is 0 Å². The number of pyridine rings is 1. The normalized spacial score (nSPS) is 10.8. The SMILES string of the molecule is CCN(CC)C(=O)c1cc(-c2cccc(Cl)c2)nc2ccccc12. The van der Waals surface area contributed by atoms with E-state index < -0.39 is 0 Å². The van der Waals surface area contributed by atoms with Crippen LogP contribution in [-0.4, -0.2) is 28.9 Å². The number of fused-ring (bicyclic) bond motifs is 1. The molecule has 0 fully saturated rings. The molecule has 0 unspecified atom stereocenters. The summed E-state index contributed by atoms with van der Waals surface area (Å²) in [6, 6.07) is 17.1. The minimum Gasteiger partial charge on any atom is -0.339 e. The topological polar surface area (TPSA) is 33.2 Å². The average molecular weight is 339 g/mol. The molecule has 4 heteroatoms. The zero-order chi connectivity index (χ0) is 17.1. The predicted octanol–water partition coefficient (Wildman–Crippen LogP) is 5.04. The average Bonchev–Trinajstić information content (AvgIpc) is 2.61. The molecule has 0 aliphatic heterocycles. The third kappa shape index (κ3) is 3.13. The van der Waals surface area contributed by atoms with Crippen LogP contribution >= 0.6 is 11.6 Å². The van der Waals surface area contributed by atoms with E-state index in [1.807, 2.05) is 73.3 Å². The Morgan fingerprint density at radius 1 is 1.04 bits per heavy atom. The van der Waals surface area contributed by atoms with Crippen LogP contribution < -0.4 is 0 Å². The fourth-order valence-electron chi connectivity index (χ4n) is 2.83.